The average molecular weight is 252 g/mol. The van der Waals surface area contributed by atoms with Gasteiger partial charge in [-0.1, -0.05) is 25.0 Å². The van der Waals surface area contributed by atoms with Gasteiger partial charge in [0.05, 0.1) is 18.3 Å². The van der Waals surface area contributed by atoms with Gasteiger partial charge in [0.25, 0.3) is 0 Å². The van der Waals surface area contributed by atoms with Crippen LogP contribution in [0.1, 0.15) is 59.3 Å². The van der Waals surface area contributed by atoms with Gasteiger partial charge < -0.3 is 9.84 Å². The molecule has 0 spiro atoms. The predicted octanol–water partition coefficient (Wildman–Crippen LogP) is 3.69. The van der Waals surface area contributed by atoms with E-state index in [4.69, 9.17) is 4.74 Å². The van der Waals surface area contributed by atoms with E-state index in [2.05, 4.69) is 26.8 Å². The molecule has 1 aliphatic heterocycles. The fraction of sp³-hybridized carbons (Fsp3) is 0.875. The van der Waals surface area contributed by atoms with E-state index < -0.39 is 0 Å². The number of aliphatic hydroxyl groups excluding tert-OH is 1. The maximum Gasteiger partial charge on any atom is 0.0969 e. The van der Waals surface area contributed by atoms with E-state index in [0.29, 0.717) is 11.8 Å². The summed E-state index contributed by atoms with van der Waals surface area (Å²) in [6.45, 7) is 7.41. The van der Waals surface area contributed by atoms with Crippen LogP contribution < -0.4 is 0 Å². The minimum absolute atomic E-state index is 0.0367. The minimum atomic E-state index is -0.139. The van der Waals surface area contributed by atoms with Gasteiger partial charge >= 0.3 is 0 Å². The molecule has 1 aliphatic carbocycles. The van der Waals surface area contributed by atoms with Crippen molar-refractivity contribution in [1.29, 1.82) is 0 Å². The van der Waals surface area contributed by atoms with E-state index in [1.807, 2.05) is 0 Å². The van der Waals surface area contributed by atoms with Gasteiger partial charge in [0.2, 0.25) is 0 Å². The molecule has 0 aromatic heterocycles. The molecule has 18 heavy (non-hydrogen) atoms. The number of hydrogen-bond donors (Lipinski definition) is 1. The molecule has 2 nitrogen and oxygen atoms in total. The highest BCUT2D eigenvalue weighted by Gasteiger charge is 2.53. The molecule has 1 heterocycles. The molecule has 1 saturated carbocycles. The van der Waals surface area contributed by atoms with E-state index >= 15 is 0 Å². The molecule has 104 valence electrons. The van der Waals surface area contributed by atoms with Crippen molar-refractivity contribution in [3.05, 3.63) is 11.6 Å². The van der Waals surface area contributed by atoms with Gasteiger partial charge in [-0.15, -0.1) is 0 Å². The van der Waals surface area contributed by atoms with Crippen LogP contribution in [0.3, 0.4) is 0 Å². The van der Waals surface area contributed by atoms with Crippen molar-refractivity contribution in [2.75, 3.05) is 6.61 Å². The Morgan fingerprint density at radius 2 is 2.11 bits per heavy atom. The zero-order chi connectivity index (χ0) is 13.2. The number of aliphatic hydroxyl groups is 1. The lowest BCUT2D eigenvalue weighted by Gasteiger charge is -2.35. The van der Waals surface area contributed by atoms with Crippen LogP contribution >= 0.6 is 0 Å². The van der Waals surface area contributed by atoms with Gasteiger partial charge in [-0.25, -0.2) is 0 Å². The lowest BCUT2D eigenvalue weighted by atomic mass is 9.73. The zero-order valence-electron chi connectivity index (χ0n) is 12.1. The summed E-state index contributed by atoms with van der Waals surface area (Å²) in [6, 6.07) is 0. The first-order valence-electron chi connectivity index (χ1n) is 7.49. The first-order valence-corrected chi connectivity index (χ1v) is 7.49. The van der Waals surface area contributed by atoms with Gasteiger partial charge in [-0.2, -0.15) is 0 Å². The highest BCUT2D eigenvalue weighted by Crippen LogP contribution is 2.47. The van der Waals surface area contributed by atoms with Crippen LogP contribution in [0.2, 0.25) is 0 Å². The van der Waals surface area contributed by atoms with Crippen LogP contribution in [0.5, 0.6) is 0 Å². The smallest absolute Gasteiger partial charge is 0.0969 e. The zero-order valence-corrected chi connectivity index (χ0v) is 12.1. The van der Waals surface area contributed by atoms with Crippen LogP contribution in [-0.4, -0.2) is 23.4 Å². The number of hydrogen-bond acceptors (Lipinski definition) is 2. The first-order chi connectivity index (χ1) is 8.53. The molecule has 2 rings (SSSR count). The third-order valence-corrected chi connectivity index (χ3v) is 4.63. The normalized spacial score (nSPS) is 39.4. The summed E-state index contributed by atoms with van der Waals surface area (Å²) >= 11 is 0. The van der Waals surface area contributed by atoms with Gasteiger partial charge in [-0.05, 0) is 51.9 Å². The lowest BCUT2D eigenvalue weighted by molar-refractivity contribution is 0.00206. The van der Waals surface area contributed by atoms with Crippen molar-refractivity contribution >= 4 is 0 Å². The number of unbranched alkanes of at least 4 members (excludes halogenated alkanes) is 1. The highest BCUT2D eigenvalue weighted by molar-refractivity contribution is 5.03. The van der Waals surface area contributed by atoms with Crippen LogP contribution in [0.4, 0.5) is 0 Å². The van der Waals surface area contributed by atoms with Crippen molar-refractivity contribution in [3.8, 4) is 0 Å². The lowest BCUT2D eigenvalue weighted by Crippen LogP contribution is -2.39. The Hall–Kier alpha value is -0.340. The monoisotopic (exact) mass is 252 g/mol. The molecule has 2 aliphatic rings. The minimum Gasteiger partial charge on any atom is -0.393 e. The molecule has 2 fully saturated rings. The summed E-state index contributed by atoms with van der Waals surface area (Å²) in [6.07, 6.45) is 8.97. The van der Waals surface area contributed by atoms with E-state index in [1.54, 1.807) is 0 Å². The Morgan fingerprint density at radius 1 is 1.39 bits per heavy atom. The van der Waals surface area contributed by atoms with E-state index in [0.717, 1.165) is 32.3 Å². The Bertz CT molecular complexity index is 300. The average Bonchev–Trinajstić information content (AvgIpc) is 3.05. The molecule has 0 amide bonds. The molecule has 4 atom stereocenters. The standard InChI is InChI=1S/C16H28O2/c1-12(2)6-4-5-9-16(11-18-16)14-8-7-13(3)10-15(14)17/h6,13-15,17H,4-5,7-11H2,1-3H3/t13-,14-,15+,16?/m1/s1. The Balaban J connectivity index is 1.82. The largest absolute Gasteiger partial charge is 0.393 e. The second-order valence-corrected chi connectivity index (χ2v) is 6.62. The van der Waals surface area contributed by atoms with Crippen molar-refractivity contribution in [2.45, 2.75) is 71.0 Å². The SMILES string of the molecule is CC(C)=CCCCC1([C@@H]2CC[C@@H](C)C[C@@H]2O)CO1. The van der Waals surface area contributed by atoms with Gasteiger partial charge in [-0.3, -0.25) is 0 Å². The third kappa shape index (κ3) is 3.36. The summed E-state index contributed by atoms with van der Waals surface area (Å²) < 4.78 is 5.77. The van der Waals surface area contributed by atoms with Crippen molar-refractivity contribution in [1.82, 2.24) is 0 Å². The van der Waals surface area contributed by atoms with Crippen LogP contribution in [0, 0.1) is 11.8 Å². The summed E-state index contributed by atoms with van der Waals surface area (Å²) in [5, 5.41) is 10.3. The van der Waals surface area contributed by atoms with Crippen LogP contribution in [0.25, 0.3) is 0 Å². The topological polar surface area (TPSA) is 32.8 Å². The summed E-state index contributed by atoms with van der Waals surface area (Å²) in [4.78, 5) is 0. The molecular formula is C16H28O2. The van der Waals surface area contributed by atoms with Gasteiger partial charge in [0.1, 0.15) is 0 Å². The highest BCUT2D eigenvalue weighted by atomic mass is 16.6. The fourth-order valence-corrected chi connectivity index (χ4v) is 3.39. The second-order valence-electron chi connectivity index (χ2n) is 6.62. The summed E-state index contributed by atoms with van der Waals surface area (Å²) in [7, 11) is 0. The Kier molecular flexibility index (Phi) is 4.50. The molecule has 1 unspecified atom stereocenters. The van der Waals surface area contributed by atoms with Crippen LogP contribution in [-0.2, 0) is 4.74 Å². The number of allylic oxidation sites excluding steroid dienone is 2. The fourth-order valence-electron chi connectivity index (χ4n) is 3.39. The molecular weight excluding hydrogens is 224 g/mol. The quantitative estimate of drug-likeness (QED) is 0.460. The third-order valence-electron chi connectivity index (χ3n) is 4.63. The van der Waals surface area contributed by atoms with E-state index in [-0.39, 0.29) is 11.7 Å². The first kappa shape index (κ1) is 14.1. The Morgan fingerprint density at radius 3 is 2.67 bits per heavy atom. The maximum absolute atomic E-state index is 10.3. The van der Waals surface area contributed by atoms with Crippen molar-refractivity contribution in [2.24, 2.45) is 11.8 Å². The van der Waals surface area contributed by atoms with E-state index in [9.17, 15) is 5.11 Å². The molecule has 0 aromatic rings. The van der Waals surface area contributed by atoms with Crippen LogP contribution in [0.15, 0.2) is 11.6 Å². The Labute approximate surface area is 111 Å². The number of ether oxygens (including phenoxy) is 1. The molecule has 1 saturated heterocycles. The summed E-state index contributed by atoms with van der Waals surface area (Å²) in [5.74, 6) is 1.07. The molecule has 0 bridgehead atoms. The second kappa shape index (κ2) is 5.75. The van der Waals surface area contributed by atoms with Gasteiger partial charge in [0.15, 0.2) is 0 Å². The predicted molar refractivity (Wildman–Crippen MR) is 74.5 cm³/mol. The number of rotatable bonds is 5. The summed E-state index contributed by atoms with van der Waals surface area (Å²) in [5.41, 5.74) is 1.43. The maximum atomic E-state index is 10.3. The molecule has 0 radical (unpaired) electrons. The molecule has 2 heteroatoms. The van der Waals surface area contributed by atoms with E-state index in [1.165, 1.54) is 18.4 Å². The number of epoxide rings is 1. The van der Waals surface area contributed by atoms with Crippen molar-refractivity contribution < 1.29 is 9.84 Å². The van der Waals surface area contributed by atoms with Gasteiger partial charge in [0, 0.05) is 5.92 Å². The van der Waals surface area contributed by atoms with Crippen molar-refractivity contribution in [3.63, 3.8) is 0 Å². The molecule has 0 aromatic carbocycles. The molecule has 1 N–H and O–H groups in total.